The number of halogens is 2. The maximum atomic E-state index is 13.5. The van der Waals surface area contributed by atoms with Crippen LogP contribution >= 0.6 is 11.6 Å². The average Bonchev–Trinajstić information content (AvgIpc) is 3.63. The second-order valence-corrected chi connectivity index (χ2v) is 15.3. The molecular formula is C45H45ClFN5O5. The molecule has 57 heavy (non-hydrogen) atoms. The van der Waals surface area contributed by atoms with Crippen LogP contribution in [0.5, 0.6) is 17.2 Å². The molecule has 4 aromatic rings. The van der Waals surface area contributed by atoms with Gasteiger partial charge in [0.05, 0.1) is 40.9 Å². The van der Waals surface area contributed by atoms with E-state index < -0.39 is 12.2 Å². The molecule has 2 atom stereocenters. The summed E-state index contributed by atoms with van der Waals surface area (Å²) in [5, 5.41) is 25.0. The van der Waals surface area contributed by atoms with Gasteiger partial charge in [0.25, 0.3) is 0 Å². The van der Waals surface area contributed by atoms with Crippen LogP contribution in [0.15, 0.2) is 66.7 Å². The van der Waals surface area contributed by atoms with Gasteiger partial charge in [0.1, 0.15) is 36.1 Å². The average molecular weight is 790 g/mol. The minimum atomic E-state index is -0.670. The number of nitriles is 2. The second kappa shape index (κ2) is 18.2. The zero-order valence-corrected chi connectivity index (χ0v) is 32.7. The molecule has 1 aliphatic carbocycles. The summed E-state index contributed by atoms with van der Waals surface area (Å²) in [7, 11) is 0. The predicted octanol–water partition coefficient (Wildman–Crippen LogP) is 7.80. The van der Waals surface area contributed by atoms with Crippen molar-refractivity contribution in [2.24, 2.45) is 0 Å². The Hall–Kier alpha value is -5.46. The Morgan fingerprint density at radius 1 is 0.895 bits per heavy atom. The molecule has 3 aliphatic rings. The molecule has 2 saturated heterocycles. The first-order valence-electron chi connectivity index (χ1n) is 19.5. The molecule has 7 rings (SSSR count). The third-order valence-electron chi connectivity index (χ3n) is 11.0. The molecule has 0 bridgehead atoms. The zero-order chi connectivity index (χ0) is 39.9. The fourth-order valence-corrected chi connectivity index (χ4v) is 8.16. The molecule has 0 aromatic heterocycles. The van der Waals surface area contributed by atoms with Crippen LogP contribution in [0, 0.1) is 29.6 Å². The van der Waals surface area contributed by atoms with Crippen LogP contribution in [0.2, 0.25) is 5.02 Å². The van der Waals surface area contributed by atoms with E-state index in [0.717, 1.165) is 66.9 Å². The van der Waals surface area contributed by atoms with Crippen LogP contribution in [0.25, 0.3) is 11.1 Å². The molecule has 10 nitrogen and oxygen atoms in total. The molecule has 294 valence electrons. The molecule has 2 heterocycles. The minimum absolute atomic E-state index is 0.0632. The third-order valence-corrected chi connectivity index (χ3v) is 11.3. The van der Waals surface area contributed by atoms with Gasteiger partial charge in [-0.2, -0.15) is 10.5 Å². The van der Waals surface area contributed by atoms with Crippen molar-refractivity contribution in [2.45, 2.75) is 83.3 Å². The number of imide groups is 1. The van der Waals surface area contributed by atoms with Gasteiger partial charge in [0.15, 0.2) is 0 Å². The lowest BCUT2D eigenvalue weighted by Crippen LogP contribution is -2.50. The highest BCUT2D eigenvalue weighted by atomic mass is 35.5. The van der Waals surface area contributed by atoms with Crippen molar-refractivity contribution in [3.8, 4) is 40.5 Å². The van der Waals surface area contributed by atoms with E-state index in [9.17, 15) is 24.5 Å². The van der Waals surface area contributed by atoms with Crippen LogP contribution in [-0.2, 0) is 29.2 Å². The molecule has 2 amide bonds. The molecule has 2 fully saturated rings. The van der Waals surface area contributed by atoms with Crippen molar-refractivity contribution in [3.05, 3.63) is 111 Å². The highest BCUT2D eigenvalue weighted by Crippen LogP contribution is 2.44. The first kappa shape index (κ1) is 39.8. The van der Waals surface area contributed by atoms with Crippen molar-refractivity contribution in [2.75, 3.05) is 26.2 Å². The fraction of sp³-hybridized carbons (Fsp3) is 0.378. The number of alkyl halides is 1. The first-order valence-corrected chi connectivity index (χ1v) is 19.9. The summed E-state index contributed by atoms with van der Waals surface area (Å²) in [6.07, 6.45) is 3.32. The Morgan fingerprint density at radius 3 is 2.40 bits per heavy atom. The van der Waals surface area contributed by atoms with Gasteiger partial charge in [0.2, 0.25) is 11.8 Å². The predicted molar refractivity (Wildman–Crippen MR) is 214 cm³/mol. The third kappa shape index (κ3) is 9.57. The summed E-state index contributed by atoms with van der Waals surface area (Å²) < 4.78 is 32.8. The number of likely N-dealkylation sites (tertiary alicyclic amines) is 1. The number of piperidine rings is 2. The number of rotatable bonds is 14. The summed E-state index contributed by atoms with van der Waals surface area (Å²) in [6.45, 7) is 5.48. The van der Waals surface area contributed by atoms with Crippen molar-refractivity contribution >= 4 is 23.4 Å². The molecule has 0 saturated carbocycles. The zero-order valence-electron chi connectivity index (χ0n) is 31.9. The van der Waals surface area contributed by atoms with Crippen LogP contribution in [0.3, 0.4) is 0 Å². The molecule has 0 radical (unpaired) electrons. The van der Waals surface area contributed by atoms with Crippen molar-refractivity contribution in [1.82, 2.24) is 15.5 Å². The van der Waals surface area contributed by atoms with Crippen LogP contribution in [0.4, 0.5) is 4.39 Å². The highest BCUT2D eigenvalue weighted by Gasteiger charge is 2.30. The Bertz CT molecular complexity index is 2190. The summed E-state index contributed by atoms with van der Waals surface area (Å²) in [6, 6.07) is 24.4. The van der Waals surface area contributed by atoms with Gasteiger partial charge >= 0.3 is 0 Å². The Labute approximate surface area is 337 Å². The fourth-order valence-electron chi connectivity index (χ4n) is 7.93. The van der Waals surface area contributed by atoms with Crippen molar-refractivity contribution in [3.63, 3.8) is 0 Å². The molecule has 12 heteroatoms. The van der Waals surface area contributed by atoms with Gasteiger partial charge < -0.3 is 24.4 Å². The maximum absolute atomic E-state index is 13.5. The van der Waals surface area contributed by atoms with Gasteiger partial charge in [0, 0.05) is 44.2 Å². The van der Waals surface area contributed by atoms with E-state index in [2.05, 4.69) is 52.8 Å². The quantitative estimate of drug-likeness (QED) is 0.0969. The lowest BCUT2D eigenvalue weighted by atomic mass is 9.93. The number of carbonyl (C=O) groups excluding carboxylic acids is 2. The molecule has 2 N–H and O–H groups in total. The van der Waals surface area contributed by atoms with E-state index in [-0.39, 0.29) is 37.5 Å². The standard InChI is InChI=1S/C45H45ClFN5O5/c1-28-34(5-3-8-40(28)55-18-4-15-52-16-13-33(47)14-17-52)35-6-2-7-37-36(35)9-11-41(37)57-43-23-42(56-27-31-20-29(24-48)19-30(21-31)25-49)32(22-38(43)46)26-50-39-10-12-44(53)51-45(39)54/h2-3,5-8,19-23,33,39,41,50H,4,9-18,26-27H2,1H3,(H,51,53,54)/t39-,41+/m1/s1. The van der Waals surface area contributed by atoms with Gasteiger partial charge in [-0.15, -0.1) is 0 Å². The Kier molecular flexibility index (Phi) is 12.7. The van der Waals surface area contributed by atoms with E-state index in [1.54, 1.807) is 24.3 Å². The number of fused-ring (bicyclic) bond motifs is 1. The van der Waals surface area contributed by atoms with Gasteiger partial charge in [-0.05, 0) is 109 Å². The second-order valence-electron chi connectivity index (χ2n) is 14.9. The molecule has 2 aliphatic heterocycles. The number of nitrogens with zero attached hydrogens (tertiary/aromatic N) is 3. The summed E-state index contributed by atoms with van der Waals surface area (Å²) >= 11 is 6.90. The van der Waals surface area contributed by atoms with E-state index in [1.807, 2.05) is 18.2 Å². The summed E-state index contributed by atoms with van der Waals surface area (Å²) in [5.74, 6) is 1.07. The van der Waals surface area contributed by atoms with Gasteiger partial charge in [-0.3, -0.25) is 14.9 Å². The summed E-state index contributed by atoms with van der Waals surface area (Å²) in [5.41, 5.74) is 7.62. The smallest absolute Gasteiger partial charge is 0.243 e. The van der Waals surface area contributed by atoms with Crippen LogP contribution in [0.1, 0.15) is 83.6 Å². The van der Waals surface area contributed by atoms with Crippen molar-refractivity contribution in [1.29, 1.82) is 10.5 Å². The van der Waals surface area contributed by atoms with E-state index in [1.165, 1.54) is 11.6 Å². The number of benzene rings is 4. The van der Waals surface area contributed by atoms with Crippen LogP contribution < -0.4 is 24.8 Å². The number of ether oxygens (including phenoxy) is 3. The Morgan fingerprint density at radius 2 is 1.65 bits per heavy atom. The number of hydrogen-bond donors (Lipinski definition) is 2. The van der Waals surface area contributed by atoms with Gasteiger partial charge in [-0.25, -0.2) is 4.39 Å². The highest BCUT2D eigenvalue weighted by molar-refractivity contribution is 6.32. The minimum Gasteiger partial charge on any atom is -0.493 e. The SMILES string of the molecule is Cc1c(OCCCN2CCC(F)CC2)cccc1-c1cccc2c1CC[C@@H]2Oc1cc(OCc2cc(C#N)cc(C#N)c2)c(CN[C@@H]2CCC(=O)NC2=O)cc1Cl. The van der Waals surface area contributed by atoms with Gasteiger partial charge in [-0.1, -0.05) is 41.9 Å². The number of hydrogen-bond acceptors (Lipinski definition) is 9. The summed E-state index contributed by atoms with van der Waals surface area (Å²) in [4.78, 5) is 26.5. The maximum Gasteiger partial charge on any atom is 0.243 e. The molecule has 0 spiro atoms. The first-order chi connectivity index (χ1) is 27.7. The number of amides is 2. The number of carbonyl (C=O) groups is 2. The molecule has 4 aromatic carbocycles. The van der Waals surface area contributed by atoms with E-state index >= 15 is 0 Å². The Balaban J connectivity index is 1.08. The van der Waals surface area contributed by atoms with E-state index in [4.69, 9.17) is 25.8 Å². The van der Waals surface area contributed by atoms with Crippen LogP contribution in [-0.4, -0.2) is 55.2 Å². The number of nitrogens with one attached hydrogen (secondary N) is 2. The molecule has 0 unspecified atom stereocenters. The normalized spacial score (nSPS) is 18.3. The largest absolute Gasteiger partial charge is 0.493 e. The lowest BCUT2D eigenvalue weighted by Gasteiger charge is -2.28. The monoisotopic (exact) mass is 789 g/mol. The van der Waals surface area contributed by atoms with E-state index in [0.29, 0.717) is 64.6 Å². The lowest BCUT2D eigenvalue weighted by molar-refractivity contribution is -0.134. The molecular weight excluding hydrogens is 745 g/mol. The van der Waals surface area contributed by atoms with Crippen molar-refractivity contribution < 1.29 is 28.2 Å². The topological polar surface area (TPSA) is 137 Å².